The summed E-state index contributed by atoms with van der Waals surface area (Å²) < 4.78 is 27.8. The van der Waals surface area contributed by atoms with Crippen LogP contribution in [0.2, 0.25) is 0 Å². The van der Waals surface area contributed by atoms with Crippen molar-refractivity contribution in [2.24, 2.45) is 0 Å². The number of anilines is 2. The second-order valence-electron chi connectivity index (χ2n) is 7.93. The molecule has 0 unspecified atom stereocenters. The lowest BCUT2D eigenvalue weighted by atomic mass is 10.0. The lowest BCUT2D eigenvalue weighted by Gasteiger charge is -2.29. The summed E-state index contributed by atoms with van der Waals surface area (Å²) in [5, 5.41) is 4.01. The monoisotopic (exact) mass is 490 g/mol. The Balaban J connectivity index is 1.60. The molecule has 4 aromatic rings. The summed E-state index contributed by atoms with van der Waals surface area (Å²) in [6, 6.07) is 20.6. The predicted octanol–water partition coefficient (Wildman–Crippen LogP) is 3.82. The molecule has 10 heteroatoms. The molecule has 8 nitrogen and oxygen atoms in total. The topological polar surface area (TPSA) is 92.2 Å². The zero-order chi connectivity index (χ0) is 23.7. The van der Waals surface area contributed by atoms with Gasteiger partial charge < -0.3 is 14.8 Å². The summed E-state index contributed by atoms with van der Waals surface area (Å²) in [5.41, 5.74) is 4.20. The van der Waals surface area contributed by atoms with Crippen molar-refractivity contribution in [1.82, 2.24) is 19.9 Å². The highest BCUT2D eigenvalue weighted by atomic mass is 32.2. The maximum absolute atomic E-state index is 11.6. The van der Waals surface area contributed by atoms with Crippen LogP contribution in [-0.4, -0.2) is 34.3 Å². The minimum Gasteiger partial charge on any atom is -0.351 e. The lowest BCUT2D eigenvalue weighted by molar-refractivity contribution is 0.549. The Morgan fingerprint density at radius 1 is 0.941 bits per heavy atom. The molecule has 0 saturated carbocycles. The number of hydrogen-bond donors (Lipinski definition) is 2. The summed E-state index contributed by atoms with van der Waals surface area (Å²) in [5.74, 6) is 0. The van der Waals surface area contributed by atoms with Crippen molar-refractivity contribution in [2.45, 2.75) is 12.1 Å². The average molecular weight is 491 g/mol. The van der Waals surface area contributed by atoms with Gasteiger partial charge in [-0.1, -0.05) is 6.07 Å². The van der Waals surface area contributed by atoms with E-state index >= 15 is 0 Å². The molecule has 1 saturated heterocycles. The summed E-state index contributed by atoms with van der Waals surface area (Å²) in [6.45, 7) is 0. The molecule has 1 aromatic carbocycles. The van der Waals surface area contributed by atoms with Crippen molar-refractivity contribution in [2.75, 3.05) is 15.9 Å². The fraction of sp³-hybridized carbons (Fsp3) is 0.125. The first-order valence-electron chi connectivity index (χ1n) is 10.6. The number of sulfonamides is 1. The number of pyridine rings is 2. The average Bonchev–Trinajstić information content (AvgIpc) is 3.44. The Labute approximate surface area is 203 Å². The van der Waals surface area contributed by atoms with Gasteiger partial charge in [-0.25, -0.2) is 8.42 Å². The Kier molecular flexibility index (Phi) is 5.76. The molecular weight excluding hydrogens is 468 g/mol. The Morgan fingerprint density at radius 2 is 1.71 bits per heavy atom. The standard InChI is InChI=1S/C24H22N6O2S2/c1-34(31,32)28-17-7-9-19(10-8-17)30-23(22(27-24(30)33)20-5-2-3-13-26-20)21-6-4-16-29(21)18-11-14-25-15-12-18/h2-16,22-23,28H,1H3,(H,27,33)/t22-,23+/m0/s1. The van der Waals surface area contributed by atoms with E-state index < -0.39 is 10.0 Å². The fourth-order valence-electron chi connectivity index (χ4n) is 4.21. The van der Waals surface area contributed by atoms with E-state index in [0.29, 0.717) is 10.8 Å². The maximum Gasteiger partial charge on any atom is 0.229 e. The second kappa shape index (κ2) is 8.88. The van der Waals surface area contributed by atoms with Gasteiger partial charge in [-0.05, 0) is 72.9 Å². The van der Waals surface area contributed by atoms with Crippen molar-refractivity contribution in [3.63, 3.8) is 0 Å². The molecule has 0 bridgehead atoms. The van der Waals surface area contributed by atoms with Gasteiger partial charge in [0.15, 0.2) is 5.11 Å². The van der Waals surface area contributed by atoms with E-state index in [1.165, 1.54) is 0 Å². The lowest BCUT2D eigenvalue weighted by Crippen LogP contribution is -2.30. The Hall–Kier alpha value is -3.76. The van der Waals surface area contributed by atoms with Crippen LogP contribution in [0.1, 0.15) is 23.5 Å². The molecule has 0 aliphatic carbocycles. The fourth-order valence-corrected chi connectivity index (χ4v) is 5.12. The van der Waals surface area contributed by atoms with Crippen molar-refractivity contribution in [3.8, 4) is 5.69 Å². The third-order valence-electron chi connectivity index (χ3n) is 5.57. The molecule has 1 aliphatic rings. The molecule has 3 aromatic heterocycles. The van der Waals surface area contributed by atoms with E-state index in [0.717, 1.165) is 29.0 Å². The van der Waals surface area contributed by atoms with E-state index in [2.05, 4.69) is 30.6 Å². The molecule has 5 rings (SSSR count). The van der Waals surface area contributed by atoms with Crippen molar-refractivity contribution < 1.29 is 8.42 Å². The second-order valence-corrected chi connectivity index (χ2v) is 10.1. The summed E-state index contributed by atoms with van der Waals surface area (Å²) in [4.78, 5) is 10.8. The minimum absolute atomic E-state index is 0.196. The van der Waals surface area contributed by atoms with Crippen LogP contribution in [0.15, 0.2) is 91.5 Å². The largest absolute Gasteiger partial charge is 0.351 e. The van der Waals surface area contributed by atoms with Crippen molar-refractivity contribution in [1.29, 1.82) is 0 Å². The molecule has 172 valence electrons. The van der Waals surface area contributed by atoms with Crippen molar-refractivity contribution in [3.05, 3.63) is 103 Å². The predicted molar refractivity (Wildman–Crippen MR) is 136 cm³/mol. The zero-order valence-electron chi connectivity index (χ0n) is 18.2. The number of aromatic nitrogens is 3. The van der Waals surface area contributed by atoms with E-state index in [1.54, 1.807) is 30.7 Å². The molecule has 34 heavy (non-hydrogen) atoms. The molecule has 0 radical (unpaired) electrons. The first kappa shape index (κ1) is 22.1. The third kappa shape index (κ3) is 4.37. The number of nitrogens with zero attached hydrogens (tertiary/aromatic N) is 4. The van der Waals surface area contributed by atoms with Crippen LogP contribution in [0.3, 0.4) is 0 Å². The quantitative estimate of drug-likeness (QED) is 0.397. The maximum atomic E-state index is 11.6. The van der Waals surface area contributed by atoms with Crippen LogP contribution < -0.4 is 14.9 Å². The van der Waals surface area contributed by atoms with Gasteiger partial charge >= 0.3 is 0 Å². The van der Waals surface area contributed by atoms with Crippen LogP contribution in [-0.2, 0) is 10.0 Å². The van der Waals surface area contributed by atoms with Crippen LogP contribution in [0.4, 0.5) is 11.4 Å². The zero-order valence-corrected chi connectivity index (χ0v) is 19.9. The molecule has 1 aliphatic heterocycles. The first-order valence-corrected chi connectivity index (χ1v) is 12.9. The van der Waals surface area contributed by atoms with Gasteiger partial charge in [-0.2, -0.15) is 0 Å². The SMILES string of the molecule is CS(=O)(=O)Nc1ccc(N2C(=S)N[C@@H](c3ccccn3)[C@H]2c2cccn2-c2ccncc2)cc1. The van der Waals surface area contributed by atoms with Crippen LogP contribution in [0.25, 0.3) is 5.69 Å². The number of nitrogens with one attached hydrogen (secondary N) is 2. The van der Waals surface area contributed by atoms with Crippen LogP contribution in [0, 0.1) is 0 Å². The van der Waals surface area contributed by atoms with Crippen LogP contribution in [0.5, 0.6) is 0 Å². The summed E-state index contributed by atoms with van der Waals surface area (Å²) in [6.07, 6.45) is 8.43. The first-order chi connectivity index (χ1) is 16.4. The summed E-state index contributed by atoms with van der Waals surface area (Å²) >= 11 is 5.79. The smallest absolute Gasteiger partial charge is 0.229 e. The highest BCUT2D eigenvalue weighted by Gasteiger charge is 2.42. The number of benzene rings is 1. The third-order valence-corrected chi connectivity index (χ3v) is 6.49. The van der Waals surface area contributed by atoms with Gasteiger partial charge in [0.1, 0.15) is 6.04 Å². The van der Waals surface area contributed by atoms with E-state index in [4.69, 9.17) is 12.2 Å². The van der Waals surface area contributed by atoms with Crippen LogP contribution >= 0.6 is 12.2 Å². The van der Waals surface area contributed by atoms with Gasteiger partial charge in [-0.15, -0.1) is 0 Å². The normalized spacial score (nSPS) is 18.0. The van der Waals surface area contributed by atoms with Gasteiger partial charge in [0.25, 0.3) is 0 Å². The molecule has 0 amide bonds. The van der Waals surface area contributed by atoms with E-state index in [9.17, 15) is 8.42 Å². The number of thiocarbonyl (C=S) groups is 1. The van der Waals surface area contributed by atoms with Gasteiger partial charge in [0.05, 0.1) is 18.0 Å². The number of rotatable bonds is 6. The van der Waals surface area contributed by atoms with Gasteiger partial charge in [-0.3, -0.25) is 14.7 Å². The molecule has 4 heterocycles. The highest BCUT2D eigenvalue weighted by Crippen LogP contribution is 2.42. The van der Waals surface area contributed by atoms with E-state index in [1.807, 2.05) is 59.6 Å². The molecular formula is C24H22N6O2S2. The number of hydrogen-bond acceptors (Lipinski definition) is 5. The molecule has 1 fully saturated rings. The van der Waals surface area contributed by atoms with E-state index in [-0.39, 0.29) is 12.1 Å². The highest BCUT2D eigenvalue weighted by molar-refractivity contribution is 7.92. The van der Waals surface area contributed by atoms with Gasteiger partial charge in [0.2, 0.25) is 10.0 Å². The summed E-state index contributed by atoms with van der Waals surface area (Å²) in [7, 11) is -3.37. The molecule has 2 atom stereocenters. The van der Waals surface area contributed by atoms with Crippen molar-refractivity contribution >= 4 is 38.7 Å². The molecule has 0 spiro atoms. The van der Waals surface area contributed by atoms with Gasteiger partial charge in [0, 0.05) is 47.5 Å². The minimum atomic E-state index is -3.37. The Bertz CT molecular complexity index is 1410. The Morgan fingerprint density at radius 3 is 2.38 bits per heavy atom. The molecule has 2 N–H and O–H groups in total.